The molecular weight excluding hydrogens is 422 g/mol. The third kappa shape index (κ3) is 5.60. The molecule has 3 aromatic rings. The van der Waals surface area contributed by atoms with E-state index in [0.29, 0.717) is 5.75 Å². The molecule has 0 saturated carbocycles. The Labute approximate surface area is 191 Å². The Hall–Kier alpha value is -3.20. The Balaban J connectivity index is 1.49. The average molecular weight is 452 g/mol. The SMILES string of the molecule is N[C@H](CCC(O)N[C@H](Cc1c[nH]c2ccccc12)C(=O)Oc1ccc2c(c1)CCC2)C(=O)O. The monoisotopic (exact) mass is 451 g/mol. The van der Waals surface area contributed by atoms with Crippen molar-refractivity contribution in [3.05, 3.63) is 65.4 Å². The standard InChI is InChI=1S/C25H29N3O5/c26-20(24(30)31)10-11-23(29)28-22(13-17-14-27-21-7-2-1-6-19(17)21)25(32)33-18-9-8-15-4-3-5-16(15)12-18/h1-2,6-9,12,14,20,22-23,27-29H,3-5,10-11,13,26H2,(H,30,31)/t20-,22-,23?/m1/s1. The van der Waals surface area contributed by atoms with Crippen molar-refractivity contribution in [1.82, 2.24) is 10.3 Å². The summed E-state index contributed by atoms with van der Waals surface area (Å²) in [7, 11) is 0. The van der Waals surface area contributed by atoms with Crippen LogP contribution in [0.15, 0.2) is 48.7 Å². The number of aromatic nitrogens is 1. The van der Waals surface area contributed by atoms with Gasteiger partial charge in [-0.15, -0.1) is 0 Å². The fourth-order valence-electron chi connectivity index (χ4n) is 4.31. The van der Waals surface area contributed by atoms with Gasteiger partial charge in [0, 0.05) is 23.5 Å². The summed E-state index contributed by atoms with van der Waals surface area (Å²) >= 11 is 0. The smallest absolute Gasteiger partial charge is 0.328 e. The van der Waals surface area contributed by atoms with Gasteiger partial charge in [-0.2, -0.15) is 0 Å². The fraction of sp³-hybridized carbons (Fsp3) is 0.360. The largest absolute Gasteiger partial charge is 0.480 e. The zero-order valence-corrected chi connectivity index (χ0v) is 18.3. The zero-order valence-electron chi connectivity index (χ0n) is 18.3. The number of esters is 1. The van der Waals surface area contributed by atoms with Crippen molar-refractivity contribution in [2.45, 2.75) is 56.8 Å². The Morgan fingerprint density at radius 3 is 2.73 bits per heavy atom. The molecule has 1 aliphatic carbocycles. The molecule has 0 amide bonds. The number of ether oxygens (including phenoxy) is 1. The molecule has 1 unspecified atom stereocenters. The summed E-state index contributed by atoms with van der Waals surface area (Å²) in [4.78, 5) is 27.3. The minimum Gasteiger partial charge on any atom is -0.480 e. The second kappa shape index (κ2) is 10.2. The lowest BCUT2D eigenvalue weighted by Gasteiger charge is -2.22. The maximum absolute atomic E-state index is 13.1. The highest BCUT2D eigenvalue weighted by Gasteiger charge is 2.26. The van der Waals surface area contributed by atoms with E-state index in [-0.39, 0.29) is 19.3 Å². The number of aliphatic hydroxyl groups excluding tert-OH is 1. The number of H-pyrrole nitrogens is 1. The van der Waals surface area contributed by atoms with Gasteiger partial charge in [0.15, 0.2) is 0 Å². The molecule has 1 heterocycles. The molecule has 0 aliphatic heterocycles. The third-order valence-electron chi connectivity index (χ3n) is 6.13. The number of aryl methyl sites for hydroxylation is 2. The van der Waals surface area contributed by atoms with E-state index in [2.05, 4.69) is 10.3 Å². The van der Waals surface area contributed by atoms with E-state index in [4.69, 9.17) is 15.6 Å². The highest BCUT2D eigenvalue weighted by Crippen LogP contribution is 2.26. The minimum absolute atomic E-state index is 0.0726. The molecule has 0 saturated heterocycles. The summed E-state index contributed by atoms with van der Waals surface area (Å²) in [6, 6.07) is 11.6. The van der Waals surface area contributed by atoms with Crippen molar-refractivity contribution in [3.8, 4) is 5.75 Å². The van der Waals surface area contributed by atoms with E-state index < -0.39 is 30.3 Å². The van der Waals surface area contributed by atoms with Crippen LogP contribution in [0.4, 0.5) is 0 Å². The second-order valence-corrected chi connectivity index (χ2v) is 8.53. The maximum atomic E-state index is 13.1. The Morgan fingerprint density at radius 2 is 1.91 bits per heavy atom. The van der Waals surface area contributed by atoms with Crippen LogP contribution in [0.25, 0.3) is 10.9 Å². The summed E-state index contributed by atoms with van der Waals surface area (Å²) in [5, 5.41) is 23.3. The van der Waals surface area contributed by atoms with Crippen molar-refractivity contribution in [2.24, 2.45) is 5.73 Å². The number of rotatable bonds is 10. The fourth-order valence-corrected chi connectivity index (χ4v) is 4.31. The van der Waals surface area contributed by atoms with E-state index in [1.165, 1.54) is 11.1 Å². The number of carbonyl (C=O) groups is 2. The average Bonchev–Trinajstić information content (AvgIpc) is 3.43. The number of nitrogens with one attached hydrogen (secondary N) is 2. The number of aromatic amines is 1. The highest BCUT2D eigenvalue weighted by atomic mass is 16.5. The second-order valence-electron chi connectivity index (χ2n) is 8.53. The van der Waals surface area contributed by atoms with Gasteiger partial charge in [-0.3, -0.25) is 10.1 Å². The minimum atomic E-state index is -1.13. The van der Waals surface area contributed by atoms with Gasteiger partial charge >= 0.3 is 11.9 Å². The highest BCUT2D eigenvalue weighted by molar-refractivity contribution is 5.85. The van der Waals surface area contributed by atoms with Crippen LogP contribution < -0.4 is 15.8 Å². The van der Waals surface area contributed by atoms with Crippen LogP contribution in [0.3, 0.4) is 0 Å². The van der Waals surface area contributed by atoms with E-state index in [9.17, 15) is 14.7 Å². The molecule has 8 nitrogen and oxygen atoms in total. The molecule has 0 fully saturated rings. The van der Waals surface area contributed by atoms with Crippen molar-refractivity contribution in [3.63, 3.8) is 0 Å². The number of carboxylic acids is 1. The van der Waals surface area contributed by atoms with Crippen LogP contribution in [-0.2, 0) is 28.9 Å². The number of aliphatic hydroxyl groups is 1. The molecule has 174 valence electrons. The number of carbonyl (C=O) groups excluding carboxylic acids is 1. The molecule has 33 heavy (non-hydrogen) atoms. The zero-order chi connectivity index (χ0) is 23.4. The Kier molecular flexibility index (Phi) is 7.08. The first-order valence-electron chi connectivity index (χ1n) is 11.2. The van der Waals surface area contributed by atoms with Gasteiger partial charge in [-0.05, 0) is 67.0 Å². The molecule has 4 rings (SSSR count). The first-order chi connectivity index (χ1) is 15.9. The van der Waals surface area contributed by atoms with Gasteiger partial charge in [0.1, 0.15) is 24.1 Å². The number of hydrogen-bond donors (Lipinski definition) is 5. The predicted molar refractivity (Wildman–Crippen MR) is 124 cm³/mol. The number of carboxylic acid groups (broad SMARTS) is 1. The Bertz CT molecular complexity index is 1140. The van der Waals surface area contributed by atoms with E-state index >= 15 is 0 Å². The predicted octanol–water partition coefficient (Wildman–Crippen LogP) is 2.27. The summed E-state index contributed by atoms with van der Waals surface area (Å²) in [6.45, 7) is 0. The number of para-hydroxylation sites is 1. The van der Waals surface area contributed by atoms with Crippen LogP contribution in [0, 0.1) is 0 Å². The quantitative estimate of drug-likeness (QED) is 0.181. The maximum Gasteiger partial charge on any atom is 0.328 e. The van der Waals surface area contributed by atoms with Gasteiger partial charge < -0.3 is 25.7 Å². The molecule has 2 aromatic carbocycles. The summed E-state index contributed by atoms with van der Waals surface area (Å²) in [5.41, 5.74) is 9.88. The molecule has 3 atom stereocenters. The molecule has 8 heteroatoms. The summed E-state index contributed by atoms with van der Waals surface area (Å²) in [5.74, 6) is -1.16. The number of aliphatic carboxylic acids is 1. The van der Waals surface area contributed by atoms with Crippen LogP contribution >= 0.6 is 0 Å². The molecule has 6 N–H and O–H groups in total. The van der Waals surface area contributed by atoms with E-state index in [1.807, 2.05) is 42.6 Å². The van der Waals surface area contributed by atoms with Gasteiger partial charge in [0.2, 0.25) is 0 Å². The topological polar surface area (TPSA) is 138 Å². The van der Waals surface area contributed by atoms with Crippen molar-refractivity contribution < 1.29 is 24.5 Å². The molecule has 1 aliphatic rings. The number of benzene rings is 2. The van der Waals surface area contributed by atoms with Crippen LogP contribution in [0.5, 0.6) is 5.75 Å². The van der Waals surface area contributed by atoms with Crippen LogP contribution in [0.2, 0.25) is 0 Å². The molecule has 1 aromatic heterocycles. The lowest BCUT2D eigenvalue weighted by atomic mass is 10.0. The molecular formula is C25H29N3O5. The first kappa shape index (κ1) is 23.0. The first-order valence-corrected chi connectivity index (χ1v) is 11.2. The number of nitrogens with two attached hydrogens (primary N) is 1. The molecule has 0 bridgehead atoms. The van der Waals surface area contributed by atoms with Gasteiger partial charge in [0.05, 0.1) is 0 Å². The number of hydrogen-bond acceptors (Lipinski definition) is 6. The Morgan fingerprint density at radius 1 is 1.12 bits per heavy atom. The van der Waals surface area contributed by atoms with Gasteiger partial charge in [-0.25, -0.2) is 4.79 Å². The normalized spacial score (nSPS) is 15.7. The third-order valence-corrected chi connectivity index (χ3v) is 6.13. The van der Waals surface area contributed by atoms with Gasteiger partial charge in [0.25, 0.3) is 0 Å². The summed E-state index contributed by atoms with van der Waals surface area (Å²) in [6.07, 6.45) is 4.29. The van der Waals surface area contributed by atoms with E-state index in [1.54, 1.807) is 6.07 Å². The summed E-state index contributed by atoms with van der Waals surface area (Å²) < 4.78 is 5.69. The van der Waals surface area contributed by atoms with Crippen molar-refractivity contribution >= 4 is 22.8 Å². The van der Waals surface area contributed by atoms with Crippen LogP contribution in [-0.4, -0.2) is 45.4 Å². The van der Waals surface area contributed by atoms with Gasteiger partial charge in [-0.1, -0.05) is 24.3 Å². The lowest BCUT2D eigenvalue weighted by molar-refractivity contribution is -0.140. The van der Waals surface area contributed by atoms with Crippen molar-refractivity contribution in [1.29, 1.82) is 0 Å². The molecule has 0 radical (unpaired) electrons. The molecule has 0 spiro atoms. The lowest BCUT2D eigenvalue weighted by Crippen LogP contribution is -2.47. The van der Waals surface area contributed by atoms with Crippen LogP contribution in [0.1, 0.15) is 36.0 Å². The van der Waals surface area contributed by atoms with Crippen molar-refractivity contribution in [2.75, 3.05) is 0 Å². The van der Waals surface area contributed by atoms with E-state index in [0.717, 1.165) is 35.7 Å². The number of fused-ring (bicyclic) bond motifs is 2.